The van der Waals surface area contributed by atoms with Gasteiger partial charge in [0.15, 0.2) is 0 Å². The van der Waals surface area contributed by atoms with Crippen molar-refractivity contribution >= 4 is 16.8 Å². The van der Waals surface area contributed by atoms with Gasteiger partial charge in [0.05, 0.1) is 10.8 Å². The number of nitrogens with zero attached hydrogens (tertiary/aromatic N) is 1. The van der Waals surface area contributed by atoms with Gasteiger partial charge in [-0.15, -0.1) is 0 Å². The Balaban J connectivity index is 1.47. The zero-order chi connectivity index (χ0) is 15.4. The summed E-state index contributed by atoms with van der Waals surface area (Å²) < 4.78 is 12.1. The summed E-state index contributed by atoms with van der Waals surface area (Å²) in [7, 11) is -1.04. The van der Waals surface area contributed by atoms with Gasteiger partial charge in [-0.05, 0) is 43.7 Å². The van der Waals surface area contributed by atoms with Crippen molar-refractivity contribution in [1.82, 2.24) is 10.2 Å². The molecule has 1 saturated carbocycles. The fourth-order valence-electron chi connectivity index (χ4n) is 3.75. The second kappa shape index (κ2) is 7.27. The highest BCUT2D eigenvalue weighted by Crippen LogP contribution is 2.36. The van der Waals surface area contributed by atoms with Gasteiger partial charge in [-0.25, -0.2) is 4.79 Å². The van der Waals surface area contributed by atoms with Crippen LogP contribution in [0.15, 0.2) is 35.2 Å². The fourth-order valence-corrected chi connectivity index (χ4v) is 4.73. The van der Waals surface area contributed by atoms with E-state index in [1.807, 2.05) is 35.2 Å². The van der Waals surface area contributed by atoms with E-state index in [1.54, 1.807) is 0 Å². The molecule has 1 aromatic rings. The van der Waals surface area contributed by atoms with E-state index in [-0.39, 0.29) is 6.03 Å². The van der Waals surface area contributed by atoms with Crippen LogP contribution >= 0.6 is 0 Å². The summed E-state index contributed by atoms with van der Waals surface area (Å²) in [6, 6.07) is 9.89. The molecule has 0 spiro atoms. The third-order valence-corrected chi connectivity index (χ3v) is 6.20. The molecule has 4 nitrogen and oxygen atoms in total. The number of benzene rings is 1. The topological polar surface area (TPSA) is 49.4 Å². The van der Waals surface area contributed by atoms with Gasteiger partial charge in [-0.1, -0.05) is 24.6 Å². The molecule has 5 heteroatoms. The molecule has 1 heterocycles. The normalized spacial score (nSPS) is 25.5. The lowest BCUT2D eigenvalue weighted by Gasteiger charge is -2.37. The smallest absolute Gasteiger partial charge is 0.317 e. The molecule has 2 amide bonds. The number of likely N-dealkylation sites (tertiary alicyclic amines) is 1. The summed E-state index contributed by atoms with van der Waals surface area (Å²) in [4.78, 5) is 15.2. The van der Waals surface area contributed by atoms with Crippen LogP contribution in [0.3, 0.4) is 0 Å². The molecular weight excluding hydrogens is 296 g/mol. The van der Waals surface area contributed by atoms with Gasteiger partial charge >= 0.3 is 6.03 Å². The maximum absolute atomic E-state index is 12.4. The average molecular weight is 320 g/mol. The highest BCUT2D eigenvalue weighted by molar-refractivity contribution is 7.85. The second-order valence-electron chi connectivity index (χ2n) is 6.19. The van der Waals surface area contributed by atoms with Crippen LogP contribution in [0.2, 0.25) is 0 Å². The molecule has 22 heavy (non-hydrogen) atoms. The predicted molar refractivity (Wildman–Crippen MR) is 88.2 cm³/mol. The zero-order valence-corrected chi connectivity index (χ0v) is 13.7. The first kappa shape index (κ1) is 15.5. The van der Waals surface area contributed by atoms with Crippen molar-refractivity contribution < 1.29 is 9.00 Å². The first-order valence-corrected chi connectivity index (χ1v) is 9.55. The average Bonchev–Trinajstić information content (AvgIpc) is 3.04. The number of nitrogens with one attached hydrogen (secondary N) is 1. The third-order valence-electron chi connectivity index (χ3n) is 4.82. The first-order chi connectivity index (χ1) is 10.8. The fraction of sp³-hybridized carbons (Fsp3) is 0.588. The Kier molecular flexibility index (Phi) is 5.13. The molecule has 0 unspecified atom stereocenters. The molecule has 3 atom stereocenters. The van der Waals surface area contributed by atoms with Gasteiger partial charge in [-0.2, -0.15) is 0 Å². The maximum Gasteiger partial charge on any atom is 0.317 e. The maximum atomic E-state index is 12.4. The van der Waals surface area contributed by atoms with Gasteiger partial charge in [0.2, 0.25) is 0 Å². The van der Waals surface area contributed by atoms with Gasteiger partial charge < -0.3 is 10.2 Å². The van der Waals surface area contributed by atoms with E-state index in [0.29, 0.717) is 24.3 Å². The van der Waals surface area contributed by atoms with Crippen LogP contribution in [-0.4, -0.2) is 40.0 Å². The summed E-state index contributed by atoms with van der Waals surface area (Å²) in [6.07, 6.45) is 6.05. The minimum Gasteiger partial charge on any atom is -0.337 e. The van der Waals surface area contributed by atoms with Crippen LogP contribution in [0, 0.1) is 5.92 Å². The second-order valence-corrected chi connectivity index (χ2v) is 7.76. The van der Waals surface area contributed by atoms with Crippen LogP contribution < -0.4 is 5.32 Å². The number of hydrogen-bond donors (Lipinski definition) is 1. The quantitative estimate of drug-likeness (QED) is 0.927. The van der Waals surface area contributed by atoms with Crippen molar-refractivity contribution in [3.63, 3.8) is 0 Å². The van der Waals surface area contributed by atoms with E-state index >= 15 is 0 Å². The number of fused-ring (bicyclic) bond motifs is 1. The molecule has 120 valence electrons. The molecular formula is C17H24N2O2S. The Morgan fingerprint density at radius 2 is 1.95 bits per heavy atom. The predicted octanol–water partition coefficient (Wildman–Crippen LogP) is 2.77. The monoisotopic (exact) mass is 320 g/mol. The van der Waals surface area contributed by atoms with Crippen LogP contribution in [0.1, 0.15) is 32.1 Å². The molecule has 0 radical (unpaired) electrons. The van der Waals surface area contributed by atoms with Crippen molar-refractivity contribution in [2.24, 2.45) is 5.92 Å². The highest BCUT2D eigenvalue weighted by atomic mass is 32.2. The van der Waals surface area contributed by atoms with Crippen LogP contribution in [0.4, 0.5) is 4.79 Å². The van der Waals surface area contributed by atoms with Crippen LogP contribution in [-0.2, 0) is 10.8 Å². The molecule has 2 aliphatic rings. The van der Waals surface area contributed by atoms with Crippen molar-refractivity contribution in [3.05, 3.63) is 30.3 Å². The lowest BCUT2D eigenvalue weighted by molar-refractivity contribution is 0.129. The van der Waals surface area contributed by atoms with Crippen LogP contribution in [0.5, 0.6) is 0 Å². The summed E-state index contributed by atoms with van der Waals surface area (Å²) >= 11 is 0. The molecule has 1 aliphatic carbocycles. The van der Waals surface area contributed by atoms with Gasteiger partial charge in [0.25, 0.3) is 0 Å². The third kappa shape index (κ3) is 3.51. The summed E-state index contributed by atoms with van der Waals surface area (Å²) in [5, 5.41) is 2.96. The molecule has 1 saturated heterocycles. The number of carbonyl (C=O) groups excluding carboxylic acids is 1. The summed E-state index contributed by atoms with van der Waals surface area (Å²) in [5.74, 6) is 1.18. The van der Waals surface area contributed by atoms with Gasteiger partial charge in [0, 0.05) is 29.8 Å². The summed E-state index contributed by atoms with van der Waals surface area (Å²) in [5.41, 5.74) is 0. The van der Waals surface area contributed by atoms with E-state index < -0.39 is 10.8 Å². The lowest BCUT2D eigenvalue weighted by Crippen LogP contribution is -2.51. The van der Waals surface area contributed by atoms with Crippen LogP contribution in [0.25, 0.3) is 0 Å². The number of piperidine rings is 1. The number of urea groups is 1. The summed E-state index contributed by atoms with van der Waals surface area (Å²) in [6.45, 7) is 1.34. The Hall–Kier alpha value is -1.36. The van der Waals surface area contributed by atoms with Gasteiger partial charge in [0.1, 0.15) is 0 Å². The van der Waals surface area contributed by atoms with E-state index in [9.17, 15) is 9.00 Å². The lowest BCUT2D eigenvalue weighted by atomic mass is 9.92. The SMILES string of the molecule is O=C(NCC[S@@](=O)c1ccccc1)N1CCC[C@@H]2CCC[C@@H]21. The Bertz CT molecular complexity index is 535. The van der Waals surface area contributed by atoms with E-state index in [2.05, 4.69) is 5.32 Å². The van der Waals surface area contributed by atoms with Crippen molar-refractivity contribution in [3.8, 4) is 0 Å². The molecule has 0 aromatic heterocycles. The highest BCUT2D eigenvalue weighted by Gasteiger charge is 2.37. The molecule has 2 fully saturated rings. The van der Waals surface area contributed by atoms with E-state index in [1.165, 1.54) is 19.3 Å². The van der Waals surface area contributed by atoms with E-state index in [0.717, 1.165) is 24.3 Å². The molecule has 0 bridgehead atoms. The minimum absolute atomic E-state index is 0.0293. The first-order valence-electron chi connectivity index (χ1n) is 8.23. The standard InChI is InChI=1S/C17H24N2O2S/c20-17(19-12-5-7-14-6-4-10-16(14)19)18-11-13-22(21)15-8-2-1-3-9-15/h1-3,8-9,14,16H,4-7,10-13H2,(H,18,20)/t14-,16-,22+/m0/s1. The van der Waals surface area contributed by atoms with Gasteiger partial charge in [-0.3, -0.25) is 4.21 Å². The molecule has 3 rings (SSSR count). The Labute approximate surface area is 134 Å². The van der Waals surface area contributed by atoms with Crippen molar-refractivity contribution in [2.75, 3.05) is 18.8 Å². The molecule has 1 N–H and O–H groups in total. The zero-order valence-electron chi connectivity index (χ0n) is 12.9. The van der Waals surface area contributed by atoms with Crippen molar-refractivity contribution in [2.45, 2.75) is 43.0 Å². The van der Waals surface area contributed by atoms with E-state index in [4.69, 9.17) is 0 Å². The minimum atomic E-state index is -1.04. The largest absolute Gasteiger partial charge is 0.337 e. The molecule has 1 aliphatic heterocycles. The van der Waals surface area contributed by atoms with Crippen molar-refractivity contribution in [1.29, 1.82) is 0 Å². The molecule has 1 aromatic carbocycles. The number of hydrogen-bond acceptors (Lipinski definition) is 2. The number of amides is 2. The number of carbonyl (C=O) groups is 1. The number of rotatable bonds is 4. The Morgan fingerprint density at radius 3 is 2.77 bits per heavy atom. The Morgan fingerprint density at radius 1 is 1.18 bits per heavy atom.